The fourth-order valence-corrected chi connectivity index (χ4v) is 5.36. The molecule has 186 valence electrons. The summed E-state index contributed by atoms with van der Waals surface area (Å²) in [6, 6.07) is 14.3. The van der Waals surface area contributed by atoms with Gasteiger partial charge in [-0.1, -0.05) is 75.4 Å². The second kappa shape index (κ2) is 11.4. The van der Waals surface area contributed by atoms with E-state index in [1.54, 1.807) is 16.7 Å². The third-order valence-electron chi connectivity index (χ3n) is 7.25. The quantitative estimate of drug-likeness (QED) is 0.324. The summed E-state index contributed by atoms with van der Waals surface area (Å²) in [6.45, 7) is 6.95. The Bertz CT molecular complexity index is 1230. The Morgan fingerprint density at radius 1 is 1.09 bits per heavy atom. The highest BCUT2D eigenvalue weighted by Crippen LogP contribution is 2.31. The zero-order valence-corrected chi connectivity index (χ0v) is 21.8. The van der Waals surface area contributed by atoms with Gasteiger partial charge in [0.15, 0.2) is 0 Å². The first-order chi connectivity index (χ1) is 16.9. The number of rotatable bonds is 9. The molecule has 6 heteroatoms. The van der Waals surface area contributed by atoms with Crippen molar-refractivity contribution >= 4 is 28.4 Å². The minimum absolute atomic E-state index is 0.137. The van der Waals surface area contributed by atoms with Crippen LogP contribution in [0, 0.1) is 11.8 Å². The van der Waals surface area contributed by atoms with Gasteiger partial charge in [0.2, 0.25) is 5.91 Å². The highest BCUT2D eigenvalue weighted by molar-refractivity contribution is 6.32. The summed E-state index contributed by atoms with van der Waals surface area (Å²) in [5.74, 6) is 1.79. The molecule has 1 saturated carbocycles. The topological polar surface area (TPSA) is 55.2 Å². The van der Waals surface area contributed by atoms with Crippen LogP contribution in [0.15, 0.2) is 53.3 Å². The van der Waals surface area contributed by atoms with E-state index in [1.165, 1.54) is 25.7 Å². The first-order valence-electron chi connectivity index (χ1n) is 12.9. The Kier molecular flexibility index (Phi) is 8.27. The van der Waals surface area contributed by atoms with E-state index in [4.69, 9.17) is 16.6 Å². The van der Waals surface area contributed by atoms with Crippen LogP contribution < -0.4 is 5.56 Å². The van der Waals surface area contributed by atoms with E-state index in [0.29, 0.717) is 52.2 Å². The van der Waals surface area contributed by atoms with E-state index in [0.717, 1.165) is 12.8 Å². The SMILES string of the molecule is CC(C)CCN(C(=O)CCC1CCCC1)C(C)c1nc2ccccc2c(=O)n1-c1ccccc1Cl. The number of benzene rings is 2. The normalized spacial score (nSPS) is 15.1. The first kappa shape index (κ1) is 25.4. The van der Waals surface area contributed by atoms with Crippen LogP contribution in [0.4, 0.5) is 0 Å². The number of hydrogen-bond acceptors (Lipinski definition) is 3. The van der Waals surface area contributed by atoms with E-state index in [-0.39, 0.29) is 17.5 Å². The smallest absolute Gasteiger partial charge is 0.266 e. The van der Waals surface area contributed by atoms with E-state index in [9.17, 15) is 9.59 Å². The van der Waals surface area contributed by atoms with Gasteiger partial charge in [-0.25, -0.2) is 4.98 Å². The first-order valence-corrected chi connectivity index (χ1v) is 13.3. The summed E-state index contributed by atoms with van der Waals surface area (Å²) in [5.41, 5.74) is 1.04. The molecule has 1 heterocycles. The minimum atomic E-state index is -0.376. The van der Waals surface area contributed by atoms with Gasteiger partial charge in [0, 0.05) is 13.0 Å². The van der Waals surface area contributed by atoms with Crippen LogP contribution in [-0.2, 0) is 4.79 Å². The van der Waals surface area contributed by atoms with Gasteiger partial charge in [0.25, 0.3) is 5.56 Å². The zero-order chi connectivity index (χ0) is 24.9. The average molecular weight is 494 g/mol. The van der Waals surface area contributed by atoms with E-state index < -0.39 is 0 Å². The van der Waals surface area contributed by atoms with Crippen molar-refractivity contribution in [2.45, 2.75) is 71.8 Å². The molecule has 1 aliphatic rings. The van der Waals surface area contributed by atoms with Crippen LogP contribution in [0.3, 0.4) is 0 Å². The molecular weight excluding hydrogens is 458 g/mol. The number of fused-ring (bicyclic) bond motifs is 1. The molecule has 3 aromatic rings. The molecule has 4 rings (SSSR count). The molecule has 0 radical (unpaired) electrons. The Hall–Kier alpha value is -2.66. The van der Waals surface area contributed by atoms with Crippen molar-refractivity contribution in [3.63, 3.8) is 0 Å². The predicted molar refractivity (Wildman–Crippen MR) is 143 cm³/mol. The molecule has 1 fully saturated rings. The third-order valence-corrected chi connectivity index (χ3v) is 7.56. The van der Waals surface area contributed by atoms with Crippen molar-refractivity contribution in [3.8, 4) is 5.69 Å². The number of para-hydroxylation sites is 2. The zero-order valence-electron chi connectivity index (χ0n) is 21.0. The third kappa shape index (κ3) is 5.78. The highest BCUT2D eigenvalue weighted by atomic mass is 35.5. The molecule has 1 unspecified atom stereocenters. The van der Waals surface area contributed by atoms with Gasteiger partial charge in [0.1, 0.15) is 5.82 Å². The molecule has 2 aromatic carbocycles. The number of halogens is 1. The molecule has 0 spiro atoms. The van der Waals surface area contributed by atoms with Gasteiger partial charge >= 0.3 is 0 Å². The molecule has 1 aliphatic carbocycles. The lowest BCUT2D eigenvalue weighted by atomic mass is 10.0. The second-order valence-electron chi connectivity index (χ2n) is 10.2. The minimum Gasteiger partial charge on any atom is -0.333 e. The van der Waals surface area contributed by atoms with Crippen molar-refractivity contribution in [2.75, 3.05) is 6.54 Å². The van der Waals surface area contributed by atoms with Crippen LogP contribution in [0.1, 0.15) is 77.6 Å². The van der Waals surface area contributed by atoms with Gasteiger partial charge < -0.3 is 4.90 Å². The predicted octanol–water partition coefficient (Wildman–Crippen LogP) is 6.95. The highest BCUT2D eigenvalue weighted by Gasteiger charge is 2.28. The van der Waals surface area contributed by atoms with E-state index >= 15 is 0 Å². The maximum absolute atomic E-state index is 13.7. The van der Waals surface area contributed by atoms with Crippen molar-refractivity contribution in [3.05, 3.63) is 69.7 Å². The Morgan fingerprint density at radius 3 is 2.49 bits per heavy atom. The van der Waals surface area contributed by atoms with Gasteiger partial charge in [-0.2, -0.15) is 0 Å². The fourth-order valence-electron chi connectivity index (χ4n) is 5.14. The molecule has 35 heavy (non-hydrogen) atoms. The summed E-state index contributed by atoms with van der Waals surface area (Å²) in [6.07, 6.45) is 7.38. The Balaban J connectivity index is 1.77. The van der Waals surface area contributed by atoms with Gasteiger partial charge in [-0.3, -0.25) is 14.2 Å². The lowest BCUT2D eigenvalue weighted by Crippen LogP contribution is -2.38. The maximum Gasteiger partial charge on any atom is 0.266 e. The lowest BCUT2D eigenvalue weighted by molar-refractivity contribution is -0.134. The van der Waals surface area contributed by atoms with Crippen molar-refractivity contribution in [1.29, 1.82) is 0 Å². The summed E-state index contributed by atoms with van der Waals surface area (Å²) < 4.78 is 1.60. The summed E-state index contributed by atoms with van der Waals surface area (Å²) >= 11 is 6.56. The van der Waals surface area contributed by atoms with Crippen LogP contribution in [0.5, 0.6) is 0 Å². The van der Waals surface area contributed by atoms with Gasteiger partial charge in [0.05, 0.1) is 27.7 Å². The molecule has 0 aliphatic heterocycles. The molecule has 0 bridgehead atoms. The Morgan fingerprint density at radius 2 is 1.77 bits per heavy atom. The van der Waals surface area contributed by atoms with E-state index in [2.05, 4.69) is 13.8 Å². The van der Waals surface area contributed by atoms with Crippen molar-refractivity contribution in [2.24, 2.45) is 11.8 Å². The monoisotopic (exact) mass is 493 g/mol. The number of carbonyl (C=O) groups is 1. The molecule has 1 amide bonds. The summed E-state index contributed by atoms with van der Waals surface area (Å²) in [4.78, 5) is 34.2. The number of amides is 1. The maximum atomic E-state index is 13.7. The summed E-state index contributed by atoms with van der Waals surface area (Å²) in [5, 5.41) is 1.01. The van der Waals surface area contributed by atoms with Crippen LogP contribution in [-0.4, -0.2) is 26.9 Å². The molecule has 1 atom stereocenters. The number of hydrogen-bond donors (Lipinski definition) is 0. The largest absolute Gasteiger partial charge is 0.333 e. The van der Waals surface area contributed by atoms with Crippen LogP contribution in [0.2, 0.25) is 5.02 Å². The fraction of sp³-hybridized carbons (Fsp3) is 0.483. The summed E-state index contributed by atoms with van der Waals surface area (Å²) in [7, 11) is 0. The standard InChI is InChI=1S/C29H36ClN3O2/c1-20(2)18-19-32(27(34)17-16-22-10-4-5-11-22)21(3)28-31-25-14-8-6-12-23(25)29(35)33(28)26-15-9-7-13-24(26)30/h6-9,12-15,20-22H,4-5,10-11,16-19H2,1-3H3. The molecular formula is C29H36ClN3O2. The van der Waals surface area contributed by atoms with E-state index in [1.807, 2.05) is 48.2 Å². The second-order valence-corrected chi connectivity index (χ2v) is 10.6. The van der Waals surface area contributed by atoms with Crippen molar-refractivity contribution in [1.82, 2.24) is 14.5 Å². The van der Waals surface area contributed by atoms with Crippen LogP contribution >= 0.6 is 11.6 Å². The molecule has 0 N–H and O–H groups in total. The Labute approximate surface area is 213 Å². The van der Waals surface area contributed by atoms with Gasteiger partial charge in [-0.05, 0) is 55.9 Å². The number of aromatic nitrogens is 2. The molecule has 0 saturated heterocycles. The molecule has 1 aromatic heterocycles. The number of nitrogens with zero attached hydrogens (tertiary/aromatic N) is 3. The average Bonchev–Trinajstić information content (AvgIpc) is 3.37. The van der Waals surface area contributed by atoms with Crippen LogP contribution in [0.25, 0.3) is 16.6 Å². The number of carbonyl (C=O) groups excluding carboxylic acids is 1. The van der Waals surface area contributed by atoms with Crippen molar-refractivity contribution < 1.29 is 4.79 Å². The molecule has 5 nitrogen and oxygen atoms in total. The van der Waals surface area contributed by atoms with Gasteiger partial charge in [-0.15, -0.1) is 0 Å². The lowest BCUT2D eigenvalue weighted by Gasteiger charge is -2.31.